The predicted octanol–water partition coefficient (Wildman–Crippen LogP) is 4.76. The fourth-order valence-electron chi connectivity index (χ4n) is 2.89. The van der Waals surface area contributed by atoms with E-state index in [1.165, 1.54) is 0 Å². The molecule has 2 unspecified atom stereocenters. The molecule has 0 aliphatic carbocycles. The van der Waals surface area contributed by atoms with Gasteiger partial charge in [-0.2, -0.15) is 0 Å². The Hall–Kier alpha value is -1.84. The van der Waals surface area contributed by atoms with Crippen LogP contribution in [0, 0.1) is 12.7 Å². The van der Waals surface area contributed by atoms with E-state index in [2.05, 4.69) is 13.8 Å². The van der Waals surface area contributed by atoms with Crippen LogP contribution < -0.4 is 19.5 Å². The first-order chi connectivity index (χ1) is 12.9. The normalized spacial score (nSPS) is 13.6. The van der Waals surface area contributed by atoms with Gasteiger partial charge in [-0.1, -0.05) is 34.6 Å². The number of hydrogen-bond acceptors (Lipinski definition) is 4. The maximum absolute atomic E-state index is 14.5. The van der Waals surface area contributed by atoms with Crippen molar-refractivity contribution in [2.24, 2.45) is 0 Å². The van der Waals surface area contributed by atoms with Gasteiger partial charge in [0, 0.05) is 29.2 Å². The fraction of sp³-hybridized carbons (Fsp3) is 0.429. The second-order valence-electron chi connectivity index (χ2n) is 6.55. The molecule has 6 heteroatoms. The number of ether oxygens (including phenoxy) is 4. The maximum Gasteiger partial charge on any atom is 0.188 e. The zero-order valence-electron chi connectivity index (χ0n) is 16.8. The zero-order chi connectivity index (χ0) is 20.0. The first kappa shape index (κ1) is 21.5. The first-order valence-electron chi connectivity index (χ1n) is 8.81. The van der Waals surface area contributed by atoms with Crippen LogP contribution in [-0.4, -0.2) is 28.1 Å². The van der Waals surface area contributed by atoms with Gasteiger partial charge in [-0.3, -0.25) is 0 Å². The van der Waals surface area contributed by atoms with Crippen LogP contribution >= 0.6 is 8.58 Å². The van der Waals surface area contributed by atoms with Gasteiger partial charge in [-0.25, -0.2) is 4.39 Å². The van der Waals surface area contributed by atoms with Gasteiger partial charge in [-0.15, -0.1) is 0 Å². The monoisotopic (exact) mass is 394 g/mol. The Balaban J connectivity index is 2.58. The van der Waals surface area contributed by atoms with Crippen molar-refractivity contribution in [1.29, 1.82) is 0 Å². The Kier molecular flexibility index (Phi) is 7.46. The van der Waals surface area contributed by atoms with E-state index in [0.717, 1.165) is 17.5 Å². The van der Waals surface area contributed by atoms with Crippen LogP contribution in [0.5, 0.6) is 17.2 Å². The summed E-state index contributed by atoms with van der Waals surface area (Å²) in [7, 11) is 4.98. The third kappa shape index (κ3) is 4.91. The third-order valence-electron chi connectivity index (χ3n) is 4.64. The van der Waals surface area contributed by atoms with E-state index < -0.39 is 0 Å². The number of rotatable bonds is 9. The van der Waals surface area contributed by atoms with Crippen molar-refractivity contribution in [3.63, 3.8) is 0 Å². The molecule has 0 aliphatic rings. The quantitative estimate of drug-likeness (QED) is 0.454. The van der Waals surface area contributed by atoms with E-state index in [0.29, 0.717) is 22.6 Å². The molecule has 2 aromatic carbocycles. The van der Waals surface area contributed by atoms with Crippen molar-refractivity contribution in [3.05, 3.63) is 47.3 Å². The lowest BCUT2D eigenvalue weighted by atomic mass is 9.95. The molecule has 2 rings (SSSR count). The molecule has 0 bridgehead atoms. The molecule has 0 saturated carbocycles. The molecule has 2 aromatic rings. The third-order valence-corrected chi connectivity index (χ3v) is 6.49. The molecule has 0 fully saturated rings. The van der Waals surface area contributed by atoms with Crippen molar-refractivity contribution in [2.75, 3.05) is 28.1 Å². The highest BCUT2D eigenvalue weighted by atomic mass is 31.1. The smallest absolute Gasteiger partial charge is 0.188 e. The lowest BCUT2D eigenvalue weighted by molar-refractivity contribution is 0.0479. The Labute approximate surface area is 162 Å². The highest BCUT2D eigenvalue weighted by molar-refractivity contribution is 7.48. The zero-order valence-corrected chi connectivity index (χ0v) is 17.8. The van der Waals surface area contributed by atoms with Crippen molar-refractivity contribution >= 4 is 13.9 Å². The topological polar surface area (TPSA) is 36.9 Å². The van der Waals surface area contributed by atoms with Crippen LogP contribution in [0.1, 0.15) is 31.4 Å². The Morgan fingerprint density at radius 3 is 2.37 bits per heavy atom. The lowest BCUT2D eigenvalue weighted by Crippen LogP contribution is -2.21. The molecule has 0 aliphatic heterocycles. The molecule has 0 N–H and O–H groups in total. The number of aryl methyl sites for hydroxylation is 1. The second-order valence-corrected chi connectivity index (χ2v) is 8.44. The van der Waals surface area contributed by atoms with Gasteiger partial charge < -0.3 is 18.9 Å². The molecule has 27 heavy (non-hydrogen) atoms. The number of methoxy groups -OCH3 is 3. The van der Waals surface area contributed by atoms with E-state index in [1.807, 2.05) is 25.1 Å². The molecule has 0 heterocycles. The minimum atomic E-state index is -0.360. The van der Waals surface area contributed by atoms with Gasteiger partial charge in [0.15, 0.2) is 18.3 Å². The highest BCUT2D eigenvalue weighted by Crippen LogP contribution is 2.51. The molecule has 0 amide bonds. The van der Waals surface area contributed by atoms with Gasteiger partial charge >= 0.3 is 0 Å². The minimum Gasteiger partial charge on any atom is -0.497 e. The highest BCUT2D eigenvalue weighted by Gasteiger charge is 2.32. The van der Waals surface area contributed by atoms with Gasteiger partial charge in [0.05, 0.1) is 14.2 Å². The largest absolute Gasteiger partial charge is 0.497 e. The van der Waals surface area contributed by atoms with Crippen molar-refractivity contribution < 1.29 is 23.3 Å². The second kappa shape index (κ2) is 9.38. The summed E-state index contributed by atoms with van der Waals surface area (Å²) in [5.74, 6) is 1.66. The van der Waals surface area contributed by atoms with Crippen LogP contribution in [-0.2, 0) is 9.89 Å². The summed E-state index contributed by atoms with van der Waals surface area (Å²) >= 11 is 0. The average molecular weight is 394 g/mol. The number of hydrogen-bond donors (Lipinski definition) is 0. The SMILES string of the molecule is CCC(C)(Pc1ccc(C)cc1F)c1cc(OC)cc(OC)c1OCOC. The standard InChI is InChI=1S/C21H28FO4P/c1-7-21(3,27-19-9-8-14(2)10-17(19)22)16-11-15(24-5)12-18(25-6)20(16)26-13-23-4/h8-12,27H,7,13H2,1-6H3. The molecular formula is C21H28FO4P. The first-order valence-corrected chi connectivity index (χ1v) is 9.81. The van der Waals surface area contributed by atoms with Gasteiger partial charge in [0.1, 0.15) is 11.6 Å². The van der Waals surface area contributed by atoms with Crippen LogP contribution in [0.2, 0.25) is 0 Å². The molecule has 0 spiro atoms. The molecule has 4 nitrogen and oxygen atoms in total. The Morgan fingerprint density at radius 2 is 1.81 bits per heavy atom. The van der Waals surface area contributed by atoms with E-state index >= 15 is 0 Å². The van der Waals surface area contributed by atoms with E-state index in [1.54, 1.807) is 33.5 Å². The lowest BCUT2D eigenvalue weighted by Gasteiger charge is -2.32. The summed E-state index contributed by atoms with van der Waals surface area (Å²) in [4.78, 5) is 0. The number of benzene rings is 2. The molecule has 0 aromatic heterocycles. The van der Waals surface area contributed by atoms with Gasteiger partial charge in [0.25, 0.3) is 0 Å². The molecular weight excluding hydrogens is 366 g/mol. The van der Waals surface area contributed by atoms with Crippen LogP contribution in [0.4, 0.5) is 4.39 Å². The van der Waals surface area contributed by atoms with Crippen LogP contribution in [0.15, 0.2) is 30.3 Å². The summed E-state index contributed by atoms with van der Waals surface area (Å²) in [6.45, 7) is 6.18. The summed E-state index contributed by atoms with van der Waals surface area (Å²) in [5.41, 5.74) is 1.82. The summed E-state index contributed by atoms with van der Waals surface area (Å²) in [5, 5.41) is 0.338. The van der Waals surface area contributed by atoms with Crippen molar-refractivity contribution in [2.45, 2.75) is 32.3 Å². The molecule has 0 radical (unpaired) electrons. The Bertz CT molecular complexity index is 781. The molecule has 0 saturated heterocycles. The minimum absolute atomic E-state index is 0.0947. The maximum atomic E-state index is 14.5. The number of halogens is 1. The van der Waals surface area contributed by atoms with Crippen LogP contribution in [0.3, 0.4) is 0 Å². The average Bonchev–Trinajstić information content (AvgIpc) is 2.67. The van der Waals surface area contributed by atoms with Gasteiger partial charge in [0.2, 0.25) is 0 Å². The summed E-state index contributed by atoms with van der Waals surface area (Å²) in [6.07, 6.45) is 0.790. The van der Waals surface area contributed by atoms with Crippen molar-refractivity contribution in [1.82, 2.24) is 0 Å². The van der Waals surface area contributed by atoms with Crippen LogP contribution in [0.25, 0.3) is 0 Å². The van der Waals surface area contributed by atoms with E-state index in [-0.39, 0.29) is 26.3 Å². The van der Waals surface area contributed by atoms with Gasteiger partial charge in [-0.05, 0) is 31.0 Å². The molecule has 2 atom stereocenters. The van der Waals surface area contributed by atoms with Crippen molar-refractivity contribution in [3.8, 4) is 17.2 Å². The summed E-state index contributed by atoms with van der Waals surface area (Å²) in [6, 6.07) is 9.10. The predicted molar refractivity (Wildman–Crippen MR) is 109 cm³/mol. The van der Waals surface area contributed by atoms with E-state index in [4.69, 9.17) is 18.9 Å². The fourth-order valence-corrected chi connectivity index (χ4v) is 4.34. The molecule has 148 valence electrons. The Morgan fingerprint density at radius 1 is 1.07 bits per heavy atom. The van der Waals surface area contributed by atoms with E-state index in [9.17, 15) is 4.39 Å². The summed E-state index contributed by atoms with van der Waals surface area (Å²) < 4.78 is 36.4.